The Morgan fingerprint density at radius 2 is 2.04 bits per heavy atom. The van der Waals surface area contributed by atoms with Crippen molar-refractivity contribution in [2.24, 2.45) is 5.92 Å². The number of ether oxygens (including phenoxy) is 1. The minimum Gasteiger partial charge on any atom is -0.480 e. The molecule has 5 nitrogen and oxygen atoms in total. The molecule has 24 heavy (non-hydrogen) atoms. The number of benzene rings is 1. The highest BCUT2D eigenvalue weighted by Crippen LogP contribution is 2.43. The van der Waals surface area contributed by atoms with Gasteiger partial charge in [0.2, 0.25) is 0 Å². The molecule has 0 aromatic heterocycles. The smallest absolute Gasteiger partial charge is 0.328 e. The summed E-state index contributed by atoms with van der Waals surface area (Å²) in [6.07, 6.45) is 2.77. The number of carboxylic acids is 1. The van der Waals surface area contributed by atoms with Crippen LogP contribution in [0, 0.1) is 11.7 Å². The molecule has 1 saturated heterocycles. The summed E-state index contributed by atoms with van der Waals surface area (Å²) in [5, 5.41) is 9.65. The number of rotatable bonds is 2. The van der Waals surface area contributed by atoms with Crippen molar-refractivity contribution < 1.29 is 23.8 Å². The Morgan fingerprint density at radius 1 is 1.38 bits per heavy atom. The highest BCUT2D eigenvalue weighted by Gasteiger charge is 2.54. The van der Waals surface area contributed by atoms with Gasteiger partial charge in [-0.2, -0.15) is 0 Å². The molecule has 7 heteroatoms. The lowest BCUT2D eigenvalue weighted by Gasteiger charge is -2.42. The van der Waals surface area contributed by atoms with E-state index in [1.807, 2.05) is 0 Å². The summed E-state index contributed by atoms with van der Waals surface area (Å²) >= 11 is 5.73. The molecule has 3 rings (SSSR count). The molecular formula is C17H19ClFNO4. The molecule has 0 unspecified atom stereocenters. The molecule has 0 bridgehead atoms. The van der Waals surface area contributed by atoms with Crippen LogP contribution >= 0.6 is 11.6 Å². The van der Waals surface area contributed by atoms with Crippen molar-refractivity contribution in [3.05, 3.63) is 34.6 Å². The number of carbonyl (C=O) groups excluding carboxylic acids is 1. The van der Waals surface area contributed by atoms with Crippen LogP contribution in [0.2, 0.25) is 5.02 Å². The lowest BCUT2D eigenvalue weighted by molar-refractivity contribution is -0.143. The third-order valence-corrected chi connectivity index (χ3v) is 5.22. The molecule has 2 aliphatic rings. The van der Waals surface area contributed by atoms with Gasteiger partial charge in [0.15, 0.2) is 6.04 Å². The summed E-state index contributed by atoms with van der Waals surface area (Å²) in [6, 6.07) is 2.65. The van der Waals surface area contributed by atoms with Crippen molar-refractivity contribution in [1.29, 1.82) is 0 Å². The molecule has 2 fully saturated rings. The van der Waals surface area contributed by atoms with Crippen molar-refractivity contribution in [3.8, 4) is 0 Å². The zero-order valence-electron chi connectivity index (χ0n) is 13.3. The van der Waals surface area contributed by atoms with Crippen molar-refractivity contribution in [2.45, 2.75) is 44.4 Å². The van der Waals surface area contributed by atoms with Gasteiger partial charge >= 0.3 is 5.97 Å². The van der Waals surface area contributed by atoms with Gasteiger partial charge in [0.05, 0.1) is 12.2 Å². The molecule has 1 saturated carbocycles. The van der Waals surface area contributed by atoms with E-state index in [0.29, 0.717) is 18.8 Å². The van der Waals surface area contributed by atoms with E-state index in [2.05, 4.69) is 6.92 Å². The Hall–Kier alpha value is -1.66. The van der Waals surface area contributed by atoms with E-state index >= 15 is 0 Å². The monoisotopic (exact) mass is 355 g/mol. The Morgan fingerprint density at radius 3 is 2.62 bits per heavy atom. The van der Waals surface area contributed by atoms with Crippen LogP contribution in [-0.4, -0.2) is 40.3 Å². The molecular weight excluding hydrogens is 337 g/mol. The van der Waals surface area contributed by atoms with Crippen LogP contribution in [0.3, 0.4) is 0 Å². The predicted octanol–water partition coefficient (Wildman–Crippen LogP) is 3.31. The average Bonchev–Trinajstić information content (AvgIpc) is 2.89. The van der Waals surface area contributed by atoms with E-state index in [-0.39, 0.29) is 17.2 Å². The van der Waals surface area contributed by atoms with Gasteiger partial charge in [-0.1, -0.05) is 18.5 Å². The number of carboxylic acid groups (broad SMARTS) is 1. The Balaban J connectivity index is 1.98. The van der Waals surface area contributed by atoms with Crippen LogP contribution < -0.4 is 0 Å². The maximum absolute atomic E-state index is 14.2. The van der Waals surface area contributed by atoms with Crippen LogP contribution in [0.1, 0.15) is 43.0 Å². The van der Waals surface area contributed by atoms with E-state index < -0.39 is 29.5 Å². The minimum absolute atomic E-state index is 0.0787. The fraction of sp³-hybridized carbons (Fsp3) is 0.529. The largest absolute Gasteiger partial charge is 0.480 e. The molecule has 1 atom stereocenters. The molecule has 1 heterocycles. The van der Waals surface area contributed by atoms with Gasteiger partial charge in [-0.15, -0.1) is 0 Å². The second kappa shape index (κ2) is 6.33. The summed E-state index contributed by atoms with van der Waals surface area (Å²) in [7, 11) is 0. The number of amides is 1. The van der Waals surface area contributed by atoms with Gasteiger partial charge in [0.25, 0.3) is 5.91 Å². The standard InChI is InChI=1S/C17H19ClFNO4/c1-10-4-6-17(7-5-10)20(14(9-24-17)16(22)23)15(21)12-3-2-11(18)8-13(12)19/h2-3,8,10,14H,4-7,9H2,1H3,(H,22,23)/t10?,14-,17?/m0/s1. The first-order valence-corrected chi connectivity index (χ1v) is 8.37. The number of hydrogen-bond acceptors (Lipinski definition) is 3. The number of halogens is 2. The zero-order chi connectivity index (χ0) is 17.5. The van der Waals surface area contributed by atoms with E-state index in [0.717, 1.165) is 18.9 Å². The van der Waals surface area contributed by atoms with E-state index in [1.54, 1.807) is 0 Å². The maximum atomic E-state index is 14.2. The average molecular weight is 356 g/mol. The Bertz CT molecular complexity index is 673. The Labute approximate surface area is 144 Å². The minimum atomic E-state index is -1.15. The third-order valence-electron chi connectivity index (χ3n) is 4.98. The van der Waals surface area contributed by atoms with E-state index in [4.69, 9.17) is 16.3 Å². The third kappa shape index (κ3) is 2.89. The molecule has 1 aromatic rings. The first-order valence-electron chi connectivity index (χ1n) is 7.99. The van der Waals surface area contributed by atoms with Crippen LogP contribution in [0.15, 0.2) is 18.2 Å². The van der Waals surface area contributed by atoms with Crippen LogP contribution in [0.25, 0.3) is 0 Å². The molecule has 1 amide bonds. The van der Waals surface area contributed by atoms with Crippen molar-refractivity contribution in [2.75, 3.05) is 6.61 Å². The number of nitrogens with zero attached hydrogens (tertiary/aromatic N) is 1. The van der Waals surface area contributed by atoms with Crippen LogP contribution in [0.5, 0.6) is 0 Å². The SMILES string of the molecule is CC1CCC2(CC1)OC[C@@H](C(=O)O)N2C(=O)c1ccc(Cl)cc1F. The van der Waals surface area contributed by atoms with Gasteiger partial charge in [0, 0.05) is 5.02 Å². The molecule has 0 radical (unpaired) electrons. The van der Waals surface area contributed by atoms with Crippen LogP contribution in [0.4, 0.5) is 4.39 Å². The fourth-order valence-electron chi connectivity index (χ4n) is 3.56. The molecule has 1 N–H and O–H groups in total. The van der Waals surface area contributed by atoms with Crippen molar-refractivity contribution in [3.63, 3.8) is 0 Å². The van der Waals surface area contributed by atoms with Crippen LogP contribution in [-0.2, 0) is 9.53 Å². The summed E-state index contributed by atoms with van der Waals surface area (Å²) in [4.78, 5) is 25.8. The highest BCUT2D eigenvalue weighted by molar-refractivity contribution is 6.30. The van der Waals surface area contributed by atoms with Crippen molar-refractivity contribution >= 4 is 23.5 Å². The second-order valence-corrected chi connectivity index (χ2v) is 7.03. The number of aliphatic carboxylic acids is 1. The first kappa shape index (κ1) is 17.2. The van der Waals surface area contributed by atoms with Gasteiger partial charge < -0.3 is 9.84 Å². The Kier molecular flexibility index (Phi) is 4.53. The van der Waals surface area contributed by atoms with Gasteiger partial charge in [-0.3, -0.25) is 9.69 Å². The summed E-state index contributed by atoms with van der Waals surface area (Å²) < 4.78 is 20.0. The molecule has 1 spiro atoms. The zero-order valence-corrected chi connectivity index (χ0v) is 14.1. The normalized spacial score (nSPS) is 29.9. The van der Waals surface area contributed by atoms with E-state index in [9.17, 15) is 19.1 Å². The van der Waals surface area contributed by atoms with Gasteiger partial charge in [0.1, 0.15) is 11.5 Å². The first-order chi connectivity index (χ1) is 11.3. The summed E-state index contributed by atoms with van der Waals surface area (Å²) in [5.41, 5.74) is -1.15. The molecule has 130 valence electrons. The lowest BCUT2D eigenvalue weighted by Crippen LogP contribution is -2.55. The second-order valence-electron chi connectivity index (χ2n) is 6.59. The topological polar surface area (TPSA) is 66.8 Å². The van der Waals surface area contributed by atoms with Gasteiger partial charge in [-0.25, -0.2) is 9.18 Å². The summed E-state index contributed by atoms with van der Waals surface area (Å²) in [5.74, 6) is -2.08. The predicted molar refractivity (Wildman–Crippen MR) is 85.3 cm³/mol. The quantitative estimate of drug-likeness (QED) is 0.883. The number of carbonyl (C=O) groups is 2. The number of hydrogen-bond donors (Lipinski definition) is 1. The van der Waals surface area contributed by atoms with Crippen molar-refractivity contribution in [1.82, 2.24) is 4.90 Å². The van der Waals surface area contributed by atoms with E-state index in [1.165, 1.54) is 17.0 Å². The highest BCUT2D eigenvalue weighted by atomic mass is 35.5. The molecule has 1 aliphatic carbocycles. The fourth-order valence-corrected chi connectivity index (χ4v) is 3.72. The van der Waals surface area contributed by atoms with Gasteiger partial charge in [-0.05, 0) is 49.8 Å². The maximum Gasteiger partial charge on any atom is 0.328 e. The molecule has 1 aliphatic heterocycles. The molecule has 1 aromatic carbocycles. The lowest BCUT2D eigenvalue weighted by atomic mass is 9.83. The summed E-state index contributed by atoms with van der Waals surface area (Å²) in [6.45, 7) is 2.03.